The highest BCUT2D eigenvalue weighted by molar-refractivity contribution is 7.99. The van der Waals surface area contributed by atoms with E-state index in [0.717, 1.165) is 0 Å². The molecule has 0 amide bonds. The smallest absolute Gasteiger partial charge is 0.169 e. The van der Waals surface area contributed by atoms with Crippen molar-refractivity contribution in [2.75, 3.05) is 18.6 Å². The van der Waals surface area contributed by atoms with Crippen molar-refractivity contribution in [2.24, 2.45) is 0 Å². The highest BCUT2D eigenvalue weighted by atomic mass is 32.2. The molecule has 0 aliphatic carbocycles. The van der Waals surface area contributed by atoms with E-state index in [-0.39, 0.29) is 5.82 Å². The van der Waals surface area contributed by atoms with Crippen LogP contribution in [0.1, 0.15) is 18.4 Å². The van der Waals surface area contributed by atoms with Gasteiger partial charge in [0.25, 0.3) is 0 Å². The quantitative estimate of drug-likeness (QED) is 0.894. The second kappa shape index (κ2) is 6.26. The molecule has 1 aliphatic heterocycles. The molecular weight excluding hydrogens is 237 g/mol. The molecule has 4 heteroatoms. The minimum atomic E-state index is -0.243. The van der Waals surface area contributed by atoms with E-state index in [4.69, 9.17) is 4.74 Å². The molecule has 1 heterocycles. The van der Waals surface area contributed by atoms with Crippen LogP contribution in [0.25, 0.3) is 0 Å². The minimum Gasteiger partial charge on any atom is -0.494 e. The predicted molar refractivity (Wildman–Crippen MR) is 70.1 cm³/mol. The zero-order chi connectivity index (χ0) is 12.1. The van der Waals surface area contributed by atoms with Gasteiger partial charge < -0.3 is 10.1 Å². The van der Waals surface area contributed by atoms with Crippen LogP contribution in [0.5, 0.6) is 5.75 Å². The van der Waals surface area contributed by atoms with E-state index in [2.05, 4.69) is 5.32 Å². The number of halogens is 1. The molecule has 1 fully saturated rings. The topological polar surface area (TPSA) is 21.3 Å². The average molecular weight is 255 g/mol. The number of nitrogens with one attached hydrogen (secondary N) is 1. The Hall–Kier alpha value is -0.740. The Bertz CT molecular complexity index is 366. The third-order valence-electron chi connectivity index (χ3n) is 3.07. The van der Waals surface area contributed by atoms with E-state index in [1.807, 2.05) is 23.9 Å². The number of benzene rings is 1. The molecule has 0 atom stereocenters. The number of thioether (sulfide) groups is 1. The van der Waals surface area contributed by atoms with Crippen LogP contribution in [0.15, 0.2) is 18.2 Å². The second-order valence-corrected chi connectivity index (χ2v) is 5.43. The van der Waals surface area contributed by atoms with Crippen LogP contribution in [-0.2, 0) is 6.54 Å². The van der Waals surface area contributed by atoms with Gasteiger partial charge in [0.15, 0.2) is 11.6 Å². The fraction of sp³-hybridized carbons (Fsp3) is 0.538. The zero-order valence-electron chi connectivity index (χ0n) is 10.0. The second-order valence-electron chi connectivity index (χ2n) is 4.20. The average Bonchev–Trinajstić information content (AvgIpc) is 2.39. The molecule has 17 heavy (non-hydrogen) atoms. The number of hydrogen-bond donors (Lipinski definition) is 1. The van der Waals surface area contributed by atoms with E-state index in [9.17, 15) is 4.39 Å². The largest absolute Gasteiger partial charge is 0.494 e. The van der Waals surface area contributed by atoms with Gasteiger partial charge in [-0.2, -0.15) is 11.8 Å². The van der Waals surface area contributed by atoms with E-state index in [0.29, 0.717) is 23.9 Å². The third kappa shape index (κ3) is 3.36. The summed E-state index contributed by atoms with van der Waals surface area (Å²) in [6, 6.07) is 5.82. The summed E-state index contributed by atoms with van der Waals surface area (Å²) in [4.78, 5) is 0. The maximum Gasteiger partial charge on any atom is 0.169 e. The van der Waals surface area contributed by atoms with Crippen LogP contribution >= 0.6 is 11.8 Å². The summed E-state index contributed by atoms with van der Waals surface area (Å²) in [5, 5.41) is 3.42. The lowest BCUT2D eigenvalue weighted by Gasteiger charge is -2.22. The lowest BCUT2D eigenvalue weighted by Crippen LogP contribution is -2.32. The first-order valence-corrected chi connectivity index (χ1v) is 7.09. The van der Waals surface area contributed by atoms with Gasteiger partial charge in [0.1, 0.15) is 0 Å². The van der Waals surface area contributed by atoms with Gasteiger partial charge in [0.05, 0.1) is 7.11 Å². The van der Waals surface area contributed by atoms with Crippen LogP contribution in [0.4, 0.5) is 4.39 Å². The summed E-state index contributed by atoms with van der Waals surface area (Å²) < 4.78 is 18.8. The number of rotatable bonds is 4. The number of methoxy groups -OCH3 is 1. The van der Waals surface area contributed by atoms with Crippen LogP contribution < -0.4 is 10.1 Å². The maximum absolute atomic E-state index is 13.9. The molecule has 2 rings (SSSR count). The molecule has 1 saturated heterocycles. The van der Waals surface area contributed by atoms with Gasteiger partial charge in [-0.3, -0.25) is 0 Å². The molecule has 0 saturated carbocycles. The van der Waals surface area contributed by atoms with E-state index < -0.39 is 0 Å². The van der Waals surface area contributed by atoms with Gasteiger partial charge in [-0.25, -0.2) is 4.39 Å². The van der Waals surface area contributed by atoms with Gasteiger partial charge in [-0.15, -0.1) is 0 Å². The Kier molecular flexibility index (Phi) is 4.68. The molecule has 1 aromatic carbocycles. The lowest BCUT2D eigenvalue weighted by molar-refractivity contribution is 0.381. The monoisotopic (exact) mass is 255 g/mol. The molecule has 1 aromatic rings. The molecule has 0 aromatic heterocycles. The molecule has 0 unspecified atom stereocenters. The highest BCUT2D eigenvalue weighted by Crippen LogP contribution is 2.21. The van der Waals surface area contributed by atoms with Crippen molar-refractivity contribution in [1.82, 2.24) is 5.32 Å². The number of hydrogen-bond acceptors (Lipinski definition) is 3. The Labute approximate surface area is 106 Å². The zero-order valence-corrected chi connectivity index (χ0v) is 10.9. The van der Waals surface area contributed by atoms with Crippen molar-refractivity contribution in [3.05, 3.63) is 29.6 Å². The van der Waals surface area contributed by atoms with Crippen molar-refractivity contribution >= 4 is 11.8 Å². The fourth-order valence-electron chi connectivity index (χ4n) is 2.01. The summed E-state index contributed by atoms with van der Waals surface area (Å²) in [7, 11) is 1.49. The van der Waals surface area contributed by atoms with Crippen LogP contribution in [0.2, 0.25) is 0 Å². The number of ether oxygens (including phenoxy) is 1. The third-order valence-corrected chi connectivity index (χ3v) is 4.11. The maximum atomic E-state index is 13.9. The van der Waals surface area contributed by atoms with Crippen molar-refractivity contribution in [1.29, 1.82) is 0 Å². The Morgan fingerprint density at radius 1 is 1.41 bits per heavy atom. The van der Waals surface area contributed by atoms with Crippen LogP contribution in [0, 0.1) is 5.82 Å². The first kappa shape index (κ1) is 12.7. The van der Waals surface area contributed by atoms with Crippen molar-refractivity contribution in [3.63, 3.8) is 0 Å². The standard InChI is InChI=1S/C13H18FNOS/c1-16-12-4-2-3-10(13(12)14)9-15-11-5-7-17-8-6-11/h2-4,11,15H,5-9H2,1H3. The lowest BCUT2D eigenvalue weighted by atomic mass is 10.1. The van der Waals surface area contributed by atoms with Gasteiger partial charge in [-0.1, -0.05) is 12.1 Å². The van der Waals surface area contributed by atoms with E-state index >= 15 is 0 Å². The summed E-state index contributed by atoms with van der Waals surface area (Å²) in [5.74, 6) is 2.49. The summed E-state index contributed by atoms with van der Waals surface area (Å²) >= 11 is 2.00. The van der Waals surface area contributed by atoms with Crippen molar-refractivity contribution in [2.45, 2.75) is 25.4 Å². The molecule has 0 bridgehead atoms. The SMILES string of the molecule is COc1cccc(CNC2CCSCC2)c1F. The van der Waals surface area contributed by atoms with E-state index in [1.54, 1.807) is 6.07 Å². The molecule has 0 radical (unpaired) electrons. The Balaban J connectivity index is 1.93. The fourth-order valence-corrected chi connectivity index (χ4v) is 3.11. The molecular formula is C13H18FNOS. The highest BCUT2D eigenvalue weighted by Gasteiger charge is 2.14. The van der Waals surface area contributed by atoms with Gasteiger partial charge in [0, 0.05) is 18.2 Å². The van der Waals surface area contributed by atoms with Gasteiger partial charge in [-0.05, 0) is 30.4 Å². The normalized spacial score (nSPS) is 17.1. The van der Waals surface area contributed by atoms with Crippen molar-refractivity contribution in [3.8, 4) is 5.75 Å². The van der Waals surface area contributed by atoms with Crippen molar-refractivity contribution < 1.29 is 9.13 Å². The first-order chi connectivity index (χ1) is 8.31. The molecule has 94 valence electrons. The molecule has 0 spiro atoms. The predicted octanol–water partition coefficient (Wildman–Crippen LogP) is 2.82. The summed E-state index contributed by atoms with van der Waals surface area (Å²) in [6.45, 7) is 0.582. The molecule has 1 aliphatic rings. The Morgan fingerprint density at radius 2 is 2.18 bits per heavy atom. The van der Waals surface area contributed by atoms with Crippen LogP contribution in [0.3, 0.4) is 0 Å². The molecule has 2 nitrogen and oxygen atoms in total. The van der Waals surface area contributed by atoms with Gasteiger partial charge >= 0.3 is 0 Å². The first-order valence-electron chi connectivity index (χ1n) is 5.94. The van der Waals surface area contributed by atoms with E-state index in [1.165, 1.54) is 31.5 Å². The minimum absolute atomic E-state index is 0.243. The summed E-state index contributed by atoms with van der Waals surface area (Å²) in [5.41, 5.74) is 0.683. The Morgan fingerprint density at radius 3 is 2.88 bits per heavy atom. The van der Waals surface area contributed by atoms with Crippen LogP contribution in [-0.4, -0.2) is 24.7 Å². The summed E-state index contributed by atoms with van der Waals surface area (Å²) in [6.07, 6.45) is 2.35. The molecule has 1 N–H and O–H groups in total. The van der Waals surface area contributed by atoms with Gasteiger partial charge in [0.2, 0.25) is 0 Å².